The molecule has 0 saturated heterocycles. The van der Waals surface area contributed by atoms with Crippen LogP contribution in [0.2, 0.25) is 0 Å². The van der Waals surface area contributed by atoms with Crippen LogP contribution in [0.3, 0.4) is 0 Å². The van der Waals surface area contributed by atoms with E-state index in [9.17, 15) is 0 Å². The van der Waals surface area contributed by atoms with Gasteiger partial charge in [-0.25, -0.2) is 0 Å². The third kappa shape index (κ3) is 3.01. The summed E-state index contributed by atoms with van der Waals surface area (Å²) >= 11 is 0. The average molecular weight is 260 g/mol. The summed E-state index contributed by atoms with van der Waals surface area (Å²) in [6.45, 7) is 2.05. The van der Waals surface area contributed by atoms with Gasteiger partial charge in [-0.3, -0.25) is 5.43 Å². The monoisotopic (exact) mass is 260 g/mol. The topological polar surface area (TPSA) is 72.0 Å². The Bertz CT molecular complexity index is 717. The maximum absolute atomic E-state index is 8.63. The van der Waals surface area contributed by atoms with Crippen LogP contribution < -0.4 is 5.43 Å². The second-order valence-electron chi connectivity index (χ2n) is 4.19. The first-order valence-electron chi connectivity index (χ1n) is 6.04. The predicted molar refractivity (Wildman–Crippen MR) is 78.9 cm³/mol. The highest BCUT2D eigenvalue weighted by Gasteiger charge is 2.02. The smallest absolute Gasteiger partial charge is 0.237 e. The molecule has 1 N–H and O–H groups in total. The number of hydrazone groups is 1. The van der Waals surface area contributed by atoms with Crippen molar-refractivity contribution in [2.75, 3.05) is 5.43 Å². The first kappa shape index (κ1) is 13.3. The van der Waals surface area contributed by atoms with E-state index in [0.29, 0.717) is 0 Å². The zero-order valence-electron chi connectivity index (χ0n) is 11.0. The summed E-state index contributed by atoms with van der Waals surface area (Å²) in [7, 11) is 0. The summed E-state index contributed by atoms with van der Waals surface area (Å²) in [5, 5.41) is 21.0. The van der Waals surface area contributed by atoms with Crippen LogP contribution in [-0.2, 0) is 0 Å². The third-order valence-electron chi connectivity index (χ3n) is 2.83. The molecule has 2 aromatic rings. The van der Waals surface area contributed by atoms with Crippen LogP contribution >= 0.6 is 0 Å². The van der Waals surface area contributed by atoms with Gasteiger partial charge in [-0.1, -0.05) is 36.4 Å². The molecule has 0 aliphatic rings. The molecule has 4 nitrogen and oxygen atoms in total. The number of hydrogen-bond donors (Lipinski definition) is 1. The highest BCUT2D eigenvalue weighted by atomic mass is 15.3. The van der Waals surface area contributed by atoms with Gasteiger partial charge in [0.05, 0.1) is 5.69 Å². The average Bonchev–Trinajstić information content (AvgIpc) is 2.49. The Morgan fingerprint density at radius 3 is 2.50 bits per heavy atom. The first-order chi connectivity index (χ1) is 9.74. The van der Waals surface area contributed by atoms with Gasteiger partial charge in [-0.15, -0.1) is 0 Å². The molecule has 0 aliphatic heterocycles. The van der Waals surface area contributed by atoms with Crippen molar-refractivity contribution in [3.05, 3.63) is 54.1 Å². The summed E-state index contributed by atoms with van der Waals surface area (Å²) in [5.41, 5.74) is 6.62. The Hall–Kier alpha value is -3.11. The van der Waals surface area contributed by atoms with Crippen LogP contribution in [0.25, 0.3) is 11.1 Å². The predicted octanol–water partition coefficient (Wildman–Crippen LogP) is 3.48. The molecule has 96 valence electrons. The van der Waals surface area contributed by atoms with Crippen molar-refractivity contribution in [3.8, 4) is 23.3 Å². The number of anilines is 1. The number of hydrogen-bond acceptors (Lipinski definition) is 4. The second kappa shape index (κ2) is 6.17. The summed E-state index contributed by atoms with van der Waals surface area (Å²) in [4.78, 5) is 0. The number of rotatable bonds is 3. The van der Waals surface area contributed by atoms with Gasteiger partial charge in [0.15, 0.2) is 0 Å². The molecule has 2 rings (SSSR count). The van der Waals surface area contributed by atoms with E-state index >= 15 is 0 Å². The van der Waals surface area contributed by atoms with Crippen molar-refractivity contribution in [2.45, 2.75) is 6.92 Å². The Balaban J connectivity index is 2.31. The van der Waals surface area contributed by atoms with Gasteiger partial charge < -0.3 is 0 Å². The molecule has 0 radical (unpaired) electrons. The largest absolute Gasteiger partial charge is 0.276 e. The normalized spacial score (nSPS) is 9.15. The number of nitrogens with one attached hydrogen (secondary N) is 1. The van der Waals surface area contributed by atoms with Crippen molar-refractivity contribution < 1.29 is 0 Å². The Morgan fingerprint density at radius 1 is 1.05 bits per heavy atom. The highest BCUT2D eigenvalue weighted by molar-refractivity contribution is 6.10. The van der Waals surface area contributed by atoms with E-state index < -0.39 is 0 Å². The lowest BCUT2D eigenvalue weighted by Gasteiger charge is -2.07. The summed E-state index contributed by atoms with van der Waals surface area (Å²) in [6.07, 6.45) is 0. The molecule has 0 saturated carbocycles. The van der Waals surface area contributed by atoms with Gasteiger partial charge >= 0.3 is 0 Å². The molecule has 4 heteroatoms. The van der Waals surface area contributed by atoms with Crippen LogP contribution in [0.1, 0.15) is 5.56 Å². The van der Waals surface area contributed by atoms with Crippen molar-refractivity contribution in [2.24, 2.45) is 5.10 Å². The van der Waals surface area contributed by atoms with E-state index in [1.165, 1.54) is 5.56 Å². The molecule has 0 unspecified atom stereocenters. The summed E-state index contributed by atoms with van der Waals surface area (Å²) < 4.78 is 0. The Morgan fingerprint density at radius 2 is 1.80 bits per heavy atom. The SMILES string of the molecule is Cc1ccccc1-c1cccc(NN=C(C#N)C#N)c1. The van der Waals surface area contributed by atoms with Crippen LogP contribution in [-0.4, -0.2) is 5.71 Å². The minimum atomic E-state index is -0.203. The molecule has 0 amide bonds. The quantitative estimate of drug-likeness (QED) is 0.678. The Labute approximate surface area is 117 Å². The molecule has 0 atom stereocenters. The Kier molecular flexibility index (Phi) is 4.11. The van der Waals surface area contributed by atoms with Crippen molar-refractivity contribution in [1.82, 2.24) is 0 Å². The molecule has 0 fully saturated rings. The highest BCUT2D eigenvalue weighted by Crippen LogP contribution is 2.25. The van der Waals surface area contributed by atoms with Crippen molar-refractivity contribution >= 4 is 11.4 Å². The second-order valence-corrected chi connectivity index (χ2v) is 4.19. The van der Waals surface area contributed by atoms with Gasteiger partial charge in [0.1, 0.15) is 12.1 Å². The van der Waals surface area contributed by atoms with E-state index in [1.54, 1.807) is 12.1 Å². The molecule has 0 aromatic heterocycles. The molecule has 2 aromatic carbocycles. The van der Waals surface area contributed by atoms with Gasteiger partial charge in [0.25, 0.3) is 0 Å². The van der Waals surface area contributed by atoms with E-state index in [2.05, 4.69) is 23.5 Å². The van der Waals surface area contributed by atoms with Gasteiger partial charge in [0, 0.05) is 0 Å². The summed E-state index contributed by atoms with van der Waals surface area (Å²) in [6, 6.07) is 19.2. The molecular formula is C16H12N4. The fourth-order valence-corrected chi connectivity index (χ4v) is 1.85. The molecule has 0 spiro atoms. The number of nitriles is 2. The lowest BCUT2D eigenvalue weighted by Crippen LogP contribution is -1.96. The van der Waals surface area contributed by atoms with E-state index in [1.807, 2.05) is 42.5 Å². The van der Waals surface area contributed by atoms with Crippen LogP contribution in [0, 0.1) is 29.6 Å². The van der Waals surface area contributed by atoms with E-state index in [-0.39, 0.29) is 5.71 Å². The molecule has 0 aliphatic carbocycles. The summed E-state index contributed by atoms with van der Waals surface area (Å²) in [5.74, 6) is 0. The van der Waals surface area contributed by atoms with Crippen LogP contribution in [0.15, 0.2) is 53.6 Å². The van der Waals surface area contributed by atoms with Crippen molar-refractivity contribution in [1.29, 1.82) is 10.5 Å². The van der Waals surface area contributed by atoms with E-state index in [4.69, 9.17) is 10.5 Å². The fourth-order valence-electron chi connectivity index (χ4n) is 1.85. The lowest BCUT2D eigenvalue weighted by atomic mass is 10.0. The van der Waals surface area contributed by atoms with Crippen LogP contribution in [0.5, 0.6) is 0 Å². The molecule has 20 heavy (non-hydrogen) atoms. The van der Waals surface area contributed by atoms with Crippen molar-refractivity contribution in [3.63, 3.8) is 0 Å². The van der Waals surface area contributed by atoms with Crippen LogP contribution in [0.4, 0.5) is 5.69 Å². The van der Waals surface area contributed by atoms with Gasteiger partial charge in [-0.05, 0) is 35.7 Å². The lowest BCUT2D eigenvalue weighted by molar-refractivity contribution is 1.34. The van der Waals surface area contributed by atoms with Gasteiger partial charge in [-0.2, -0.15) is 15.6 Å². The number of nitrogens with zero attached hydrogens (tertiary/aromatic N) is 3. The standard InChI is InChI=1S/C16H12N4/c1-12-5-2-3-8-16(12)13-6-4-7-14(9-13)19-20-15(10-17)11-18/h2-9,19H,1H3. The minimum absolute atomic E-state index is 0.203. The van der Waals surface area contributed by atoms with E-state index in [0.717, 1.165) is 16.8 Å². The maximum Gasteiger partial charge on any atom is 0.237 e. The zero-order valence-corrected chi connectivity index (χ0v) is 11.0. The van der Waals surface area contributed by atoms with Gasteiger partial charge in [0.2, 0.25) is 5.71 Å². The number of aryl methyl sites for hydroxylation is 1. The molecule has 0 bridgehead atoms. The first-order valence-corrected chi connectivity index (χ1v) is 6.04. The maximum atomic E-state index is 8.63. The minimum Gasteiger partial charge on any atom is -0.276 e. The third-order valence-corrected chi connectivity index (χ3v) is 2.83. The molecule has 0 heterocycles. The number of benzene rings is 2. The zero-order chi connectivity index (χ0) is 14.4. The fraction of sp³-hybridized carbons (Fsp3) is 0.0625. The molecular weight excluding hydrogens is 248 g/mol.